The Morgan fingerprint density at radius 1 is 1.12 bits per heavy atom. The highest BCUT2D eigenvalue weighted by Gasteiger charge is 2.71. The fourth-order valence-electron chi connectivity index (χ4n) is 5.93. The van der Waals surface area contributed by atoms with Crippen LogP contribution in [-0.2, 0) is 23.8 Å². The minimum atomic E-state index is -0.371. The van der Waals surface area contributed by atoms with E-state index in [4.69, 9.17) is 14.2 Å². The number of carbonyl (C=O) groups is 2. The molecular formula is C18H25NO5. The molecule has 4 atom stereocenters. The van der Waals surface area contributed by atoms with E-state index in [1.54, 1.807) is 0 Å². The first-order valence-corrected chi connectivity index (χ1v) is 8.90. The molecule has 24 heavy (non-hydrogen) atoms. The minimum Gasteiger partial charge on any atom is -0.466 e. The summed E-state index contributed by atoms with van der Waals surface area (Å²) in [4.78, 5) is 27.4. The average molecular weight is 335 g/mol. The quantitative estimate of drug-likeness (QED) is 0.721. The second-order valence-corrected chi connectivity index (χ2v) is 7.28. The minimum absolute atomic E-state index is 0.0902. The second-order valence-electron chi connectivity index (χ2n) is 7.28. The van der Waals surface area contributed by atoms with Gasteiger partial charge >= 0.3 is 11.9 Å². The van der Waals surface area contributed by atoms with Crippen molar-refractivity contribution in [3.8, 4) is 0 Å². The molecule has 4 aliphatic rings. The van der Waals surface area contributed by atoms with Crippen LogP contribution in [-0.4, -0.2) is 62.9 Å². The predicted octanol–water partition coefficient (Wildman–Crippen LogP) is 1.15. The van der Waals surface area contributed by atoms with Gasteiger partial charge in [-0.25, -0.2) is 9.59 Å². The predicted molar refractivity (Wildman–Crippen MR) is 85.1 cm³/mol. The van der Waals surface area contributed by atoms with E-state index in [2.05, 4.69) is 4.90 Å². The van der Waals surface area contributed by atoms with Crippen LogP contribution in [0, 0.1) is 17.8 Å². The number of rotatable bonds is 3. The number of hydrogen-bond donors (Lipinski definition) is 0. The Kier molecular flexibility index (Phi) is 3.92. The maximum Gasteiger partial charge on any atom is 0.336 e. The van der Waals surface area contributed by atoms with E-state index in [9.17, 15) is 9.59 Å². The number of nitrogens with zero attached hydrogens (tertiary/aromatic N) is 1. The molecule has 6 nitrogen and oxygen atoms in total. The molecule has 0 aromatic heterocycles. The SMILES string of the molecule is COC(=O)C1=C(C(=O)OC)[C@@]2(N3CCOCC3)[C@@H]1C[C@@H]1CCC[C@@H]12. The number of methoxy groups -OCH3 is 2. The van der Waals surface area contributed by atoms with Crippen LogP contribution in [0.2, 0.25) is 0 Å². The molecule has 6 heteroatoms. The summed E-state index contributed by atoms with van der Waals surface area (Å²) < 4.78 is 15.6. The van der Waals surface area contributed by atoms with E-state index in [0.29, 0.717) is 36.2 Å². The van der Waals surface area contributed by atoms with Crippen molar-refractivity contribution in [1.29, 1.82) is 0 Å². The highest BCUT2D eigenvalue weighted by molar-refractivity contribution is 6.06. The molecule has 0 radical (unpaired) electrons. The summed E-state index contributed by atoms with van der Waals surface area (Å²) in [7, 11) is 2.78. The van der Waals surface area contributed by atoms with Gasteiger partial charge in [-0.2, -0.15) is 0 Å². The van der Waals surface area contributed by atoms with Crippen LogP contribution in [0.5, 0.6) is 0 Å². The third-order valence-corrected chi connectivity index (χ3v) is 6.64. The molecule has 0 aromatic carbocycles. The fourth-order valence-corrected chi connectivity index (χ4v) is 5.93. The summed E-state index contributed by atoms with van der Waals surface area (Å²) in [5.74, 6) is 0.366. The van der Waals surface area contributed by atoms with Gasteiger partial charge in [-0.1, -0.05) is 12.8 Å². The number of carbonyl (C=O) groups excluding carboxylic acids is 2. The zero-order valence-corrected chi connectivity index (χ0v) is 14.4. The van der Waals surface area contributed by atoms with Crippen LogP contribution in [0.15, 0.2) is 11.1 Å². The van der Waals surface area contributed by atoms with E-state index < -0.39 is 0 Å². The standard InChI is InChI=1S/C18H25NO5/c1-22-16(20)14-13-10-11-4-3-5-12(11)18(13,15(14)17(21)23-2)19-6-8-24-9-7-19/h11-13H,3-10H2,1-2H3/t11-,12-,13+,18-/m0/s1. The Hall–Kier alpha value is -1.40. The van der Waals surface area contributed by atoms with Crippen LogP contribution >= 0.6 is 0 Å². The van der Waals surface area contributed by atoms with Crippen molar-refractivity contribution in [1.82, 2.24) is 4.90 Å². The highest BCUT2D eigenvalue weighted by Crippen LogP contribution is 2.66. The summed E-state index contributed by atoms with van der Waals surface area (Å²) in [6.07, 6.45) is 4.49. The Morgan fingerprint density at radius 2 is 1.83 bits per heavy atom. The van der Waals surface area contributed by atoms with Gasteiger partial charge in [0.2, 0.25) is 0 Å². The molecular weight excluding hydrogens is 310 g/mol. The number of fused-ring (bicyclic) bond motifs is 3. The van der Waals surface area contributed by atoms with Crippen LogP contribution in [0.1, 0.15) is 25.7 Å². The molecule has 132 valence electrons. The van der Waals surface area contributed by atoms with Crippen molar-refractivity contribution in [2.45, 2.75) is 31.2 Å². The van der Waals surface area contributed by atoms with Crippen LogP contribution in [0.25, 0.3) is 0 Å². The van der Waals surface area contributed by atoms with Crippen LogP contribution < -0.4 is 0 Å². The van der Waals surface area contributed by atoms with Gasteiger partial charge < -0.3 is 14.2 Å². The fraction of sp³-hybridized carbons (Fsp3) is 0.778. The number of hydrogen-bond acceptors (Lipinski definition) is 6. The molecule has 0 amide bonds. The Balaban J connectivity index is 1.84. The van der Waals surface area contributed by atoms with Gasteiger partial charge in [0.25, 0.3) is 0 Å². The molecule has 1 heterocycles. The number of esters is 2. The Bertz CT molecular complexity index is 594. The maximum atomic E-state index is 12.7. The monoisotopic (exact) mass is 335 g/mol. The van der Waals surface area contributed by atoms with Crippen molar-refractivity contribution in [2.75, 3.05) is 40.5 Å². The van der Waals surface area contributed by atoms with Gasteiger partial charge in [-0.15, -0.1) is 0 Å². The lowest BCUT2D eigenvalue weighted by molar-refractivity contribution is -0.147. The third-order valence-electron chi connectivity index (χ3n) is 6.64. The molecule has 1 aliphatic heterocycles. The lowest BCUT2D eigenvalue weighted by Crippen LogP contribution is -2.67. The largest absolute Gasteiger partial charge is 0.466 e. The Labute approximate surface area is 142 Å². The van der Waals surface area contributed by atoms with E-state index in [0.717, 1.165) is 25.9 Å². The van der Waals surface area contributed by atoms with Gasteiger partial charge in [-0.05, 0) is 24.7 Å². The molecule has 3 aliphatic carbocycles. The van der Waals surface area contributed by atoms with Gasteiger partial charge in [0, 0.05) is 19.0 Å². The van der Waals surface area contributed by atoms with E-state index in [-0.39, 0.29) is 23.4 Å². The summed E-state index contributed by atoms with van der Waals surface area (Å²) in [5, 5.41) is 0. The topological polar surface area (TPSA) is 65.1 Å². The van der Waals surface area contributed by atoms with E-state index in [1.165, 1.54) is 27.1 Å². The number of morpholine rings is 1. The Morgan fingerprint density at radius 3 is 2.50 bits per heavy atom. The summed E-state index contributed by atoms with van der Waals surface area (Å²) >= 11 is 0. The maximum absolute atomic E-state index is 12.7. The molecule has 1 saturated heterocycles. The molecule has 2 saturated carbocycles. The lowest BCUT2D eigenvalue weighted by atomic mass is 9.58. The molecule has 3 fully saturated rings. The molecule has 4 rings (SSSR count). The van der Waals surface area contributed by atoms with Crippen LogP contribution in [0.4, 0.5) is 0 Å². The van der Waals surface area contributed by atoms with Gasteiger partial charge in [0.15, 0.2) is 0 Å². The first-order chi connectivity index (χ1) is 11.7. The summed E-state index contributed by atoms with van der Waals surface area (Å²) in [6, 6.07) is 0. The normalized spacial score (nSPS) is 38.3. The van der Waals surface area contributed by atoms with Gasteiger partial charge in [0.05, 0.1) is 44.1 Å². The first-order valence-electron chi connectivity index (χ1n) is 8.90. The summed E-state index contributed by atoms with van der Waals surface area (Å²) in [5.41, 5.74) is 0.782. The van der Waals surface area contributed by atoms with Crippen molar-refractivity contribution < 1.29 is 23.8 Å². The average Bonchev–Trinajstić information content (AvgIpc) is 3.15. The highest BCUT2D eigenvalue weighted by atomic mass is 16.5. The van der Waals surface area contributed by atoms with Gasteiger partial charge in [0.1, 0.15) is 0 Å². The molecule has 0 spiro atoms. The summed E-state index contributed by atoms with van der Waals surface area (Å²) in [6.45, 7) is 2.95. The zero-order valence-electron chi connectivity index (χ0n) is 14.4. The number of ether oxygens (including phenoxy) is 3. The zero-order chi connectivity index (χ0) is 16.9. The molecule has 0 unspecified atom stereocenters. The van der Waals surface area contributed by atoms with Crippen molar-refractivity contribution in [2.24, 2.45) is 17.8 Å². The van der Waals surface area contributed by atoms with Crippen molar-refractivity contribution in [3.05, 3.63) is 11.1 Å². The molecule has 0 N–H and O–H groups in total. The van der Waals surface area contributed by atoms with E-state index in [1.807, 2.05) is 0 Å². The molecule has 0 aromatic rings. The van der Waals surface area contributed by atoms with Gasteiger partial charge in [-0.3, -0.25) is 4.90 Å². The molecule has 0 bridgehead atoms. The smallest absolute Gasteiger partial charge is 0.336 e. The van der Waals surface area contributed by atoms with Crippen molar-refractivity contribution >= 4 is 11.9 Å². The lowest BCUT2D eigenvalue weighted by Gasteiger charge is -2.56. The second kappa shape index (κ2) is 5.85. The van der Waals surface area contributed by atoms with E-state index >= 15 is 0 Å². The van der Waals surface area contributed by atoms with Crippen LogP contribution in [0.3, 0.4) is 0 Å². The van der Waals surface area contributed by atoms with Crippen molar-refractivity contribution in [3.63, 3.8) is 0 Å². The first kappa shape index (κ1) is 16.1. The third kappa shape index (κ3) is 1.90.